The quantitative estimate of drug-likeness (QED) is 0.541. The van der Waals surface area contributed by atoms with Crippen LogP contribution in [0.1, 0.15) is 13.8 Å². The van der Waals surface area contributed by atoms with E-state index in [0.717, 1.165) is 5.57 Å². The van der Waals surface area contributed by atoms with Gasteiger partial charge in [0.1, 0.15) is 5.83 Å². The Bertz CT molecular complexity index is 223. The van der Waals surface area contributed by atoms with Crippen molar-refractivity contribution in [2.24, 2.45) is 11.8 Å². The van der Waals surface area contributed by atoms with E-state index in [1.165, 1.54) is 0 Å². The fourth-order valence-corrected chi connectivity index (χ4v) is 1.29. The van der Waals surface area contributed by atoms with Crippen molar-refractivity contribution in [3.05, 3.63) is 36.2 Å². The molecule has 0 bridgehead atoms. The molecule has 0 saturated carbocycles. The summed E-state index contributed by atoms with van der Waals surface area (Å²) >= 11 is 0. The van der Waals surface area contributed by atoms with Crippen LogP contribution in [-0.2, 0) is 0 Å². The average molecular weight is 152 g/mol. The molecule has 2 unspecified atom stereocenters. The van der Waals surface area contributed by atoms with Crippen LogP contribution in [0.25, 0.3) is 0 Å². The molecule has 0 nitrogen and oxygen atoms in total. The fraction of sp³-hybridized carbons (Fsp3) is 0.400. The van der Waals surface area contributed by atoms with Crippen molar-refractivity contribution < 1.29 is 4.39 Å². The van der Waals surface area contributed by atoms with Crippen LogP contribution in [-0.4, -0.2) is 0 Å². The maximum atomic E-state index is 12.7. The highest BCUT2D eigenvalue weighted by Crippen LogP contribution is 2.28. The normalized spacial score (nSPS) is 29.9. The largest absolute Gasteiger partial charge is 0.212 e. The van der Waals surface area contributed by atoms with Crippen molar-refractivity contribution in [1.29, 1.82) is 0 Å². The zero-order valence-electron chi connectivity index (χ0n) is 6.97. The monoisotopic (exact) mass is 152 g/mol. The van der Waals surface area contributed by atoms with Crippen LogP contribution in [0.4, 0.5) is 4.39 Å². The third kappa shape index (κ3) is 1.79. The smallest absolute Gasteiger partial charge is 0.100 e. The summed E-state index contributed by atoms with van der Waals surface area (Å²) in [6.45, 7) is 7.28. The number of hydrogen-bond acceptors (Lipinski definition) is 0. The van der Waals surface area contributed by atoms with Crippen LogP contribution in [0.15, 0.2) is 36.2 Å². The van der Waals surface area contributed by atoms with E-state index in [1.807, 2.05) is 32.1 Å². The lowest BCUT2D eigenvalue weighted by Gasteiger charge is -2.19. The van der Waals surface area contributed by atoms with Gasteiger partial charge < -0.3 is 0 Å². The maximum absolute atomic E-state index is 12.7. The van der Waals surface area contributed by atoms with E-state index >= 15 is 0 Å². The summed E-state index contributed by atoms with van der Waals surface area (Å²) in [5.41, 5.74) is 1.12. The van der Waals surface area contributed by atoms with Gasteiger partial charge in [-0.15, -0.1) is 0 Å². The Kier molecular flexibility index (Phi) is 2.28. The summed E-state index contributed by atoms with van der Waals surface area (Å²) in [7, 11) is 0. The van der Waals surface area contributed by atoms with Gasteiger partial charge in [-0.3, -0.25) is 0 Å². The van der Waals surface area contributed by atoms with Crippen LogP contribution in [0, 0.1) is 11.8 Å². The Morgan fingerprint density at radius 2 is 2.27 bits per heavy atom. The van der Waals surface area contributed by atoms with E-state index < -0.39 is 0 Å². The minimum Gasteiger partial charge on any atom is -0.212 e. The summed E-state index contributed by atoms with van der Waals surface area (Å²) < 4.78 is 12.7. The second-order valence-electron chi connectivity index (χ2n) is 3.10. The lowest BCUT2D eigenvalue weighted by atomic mass is 9.87. The summed E-state index contributed by atoms with van der Waals surface area (Å²) in [4.78, 5) is 0. The molecule has 0 amide bonds. The SMILES string of the molecule is C=C(F)C1C=C(C)C=CC1C. The molecule has 0 N–H and O–H groups in total. The van der Waals surface area contributed by atoms with Gasteiger partial charge in [-0.25, -0.2) is 4.39 Å². The third-order valence-corrected chi connectivity index (χ3v) is 2.03. The Morgan fingerprint density at radius 3 is 2.73 bits per heavy atom. The molecule has 0 fully saturated rings. The van der Waals surface area contributed by atoms with Crippen LogP contribution >= 0.6 is 0 Å². The van der Waals surface area contributed by atoms with Gasteiger partial charge in [-0.1, -0.05) is 37.3 Å². The number of rotatable bonds is 1. The lowest BCUT2D eigenvalue weighted by molar-refractivity contribution is 0.456. The first-order valence-corrected chi connectivity index (χ1v) is 3.82. The minimum absolute atomic E-state index is 0.111. The van der Waals surface area contributed by atoms with Gasteiger partial charge in [0.2, 0.25) is 0 Å². The van der Waals surface area contributed by atoms with Gasteiger partial charge >= 0.3 is 0 Å². The van der Waals surface area contributed by atoms with Crippen LogP contribution in [0.5, 0.6) is 0 Å². The summed E-state index contributed by atoms with van der Waals surface area (Å²) in [5.74, 6) is -0.0996. The first-order valence-electron chi connectivity index (χ1n) is 3.82. The van der Waals surface area contributed by atoms with Gasteiger partial charge in [0.25, 0.3) is 0 Å². The molecule has 0 aromatic rings. The molecule has 0 heterocycles. The van der Waals surface area contributed by atoms with E-state index in [4.69, 9.17) is 0 Å². The van der Waals surface area contributed by atoms with E-state index in [-0.39, 0.29) is 17.7 Å². The zero-order chi connectivity index (χ0) is 8.43. The molecule has 0 aromatic carbocycles. The Morgan fingerprint density at radius 1 is 1.64 bits per heavy atom. The maximum Gasteiger partial charge on any atom is 0.100 e. The predicted octanol–water partition coefficient (Wildman–Crippen LogP) is 3.24. The fourth-order valence-electron chi connectivity index (χ4n) is 1.29. The highest BCUT2D eigenvalue weighted by Gasteiger charge is 2.18. The van der Waals surface area contributed by atoms with E-state index in [1.54, 1.807) is 0 Å². The molecule has 2 atom stereocenters. The molecule has 0 spiro atoms. The molecule has 11 heavy (non-hydrogen) atoms. The van der Waals surface area contributed by atoms with Crippen LogP contribution < -0.4 is 0 Å². The van der Waals surface area contributed by atoms with E-state index in [0.29, 0.717) is 0 Å². The molecular weight excluding hydrogens is 139 g/mol. The molecule has 60 valence electrons. The number of allylic oxidation sites excluding steroid dienone is 5. The topological polar surface area (TPSA) is 0 Å². The Labute approximate surface area is 67.1 Å². The molecule has 0 aromatic heterocycles. The van der Waals surface area contributed by atoms with Gasteiger partial charge in [0, 0.05) is 5.92 Å². The number of hydrogen-bond donors (Lipinski definition) is 0. The van der Waals surface area contributed by atoms with Crippen molar-refractivity contribution in [1.82, 2.24) is 0 Å². The molecule has 1 rings (SSSR count). The molecule has 1 heteroatoms. The van der Waals surface area contributed by atoms with Gasteiger partial charge in [0.05, 0.1) is 0 Å². The molecule has 1 aliphatic carbocycles. The number of halogens is 1. The van der Waals surface area contributed by atoms with Crippen molar-refractivity contribution in [2.45, 2.75) is 13.8 Å². The van der Waals surface area contributed by atoms with Crippen molar-refractivity contribution >= 4 is 0 Å². The van der Waals surface area contributed by atoms with E-state index in [2.05, 4.69) is 6.58 Å². The molecular formula is C10H13F. The molecule has 1 aliphatic rings. The van der Waals surface area contributed by atoms with E-state index in [9.17, 15) is 4.39 Å². The first kappa shape index (κ1) is 8.25. The van der Waals surface area contributed by atoms with Crippen LogP contribution in [0.3, 0.4) is 0 Å². The van der Waals surface area contributed by atoms with Crippen molar-refractivity contribution in [3.8, 4) is 0 Å². The standard InChI is InChI=1S/C10H13F/c1-7-4-5-8(2)10(6-7)9(3)11/h4-6,8,10H,3H2,1-2H3. The zero-order valence-corrected chi connectivity index (χ0v) is 6.97. The minimum atomic E-state index is -0.235. The Balaban J connectivity index is 2.81. The predicted molar refractivity (Wildman–Crippen MR) is 45.8 cm³/mol. The molecule has 0 aliphatic heterocycles. The molecule has 0 saturated heterocycles. The highest BCUT2D eigenvalue weighted by atomic mass is 19.1. The molecule has 0 radical (unpaired) electrons. The average Bonchev–Trinajstić information content (AvgIpc) is 1.94. The van der Waals surface area contributed by atoms with Gasteiger partial charge in [-0.2, -0.15) is 0 Å². The van der Waals surface area contributed by atoms with Gasteiger partial charge in [0.15, 0.2) is 0 Å². The van der Waals surface area contributed by atoms with Gasteiger partial charge in [-0.05, 0) is 12.8 Å². The highest BCUT2D eigenvalue weighted by molar-refractivity contribution is 5.26. The third-order valence-electron chi connectivity index (χ3n) is 2.03. The second kappa shape index (κ2) is 3.04. The second-order valence-corrected chi connectivity index (χ2v) is 3.10. The first-order chi connectivity index (χ1) is 5.11. The summed E-state index contributed by atoms with van der Waals surface area (Å²) in [5, 5.41) is 0. The summed E-state index contributed by atoms with van der Waals surface area (Å²) in [6.07, 6.45) is 5.96. The van der Waals surface area contributed by atoms with Crippen LogP contribution in [0.2, 0.25) is 0 Å². The van der Waals surface area contributed by atoms with Crippen molar-refractivity contribution in [3.63, 3.8) is 0 Å². The van der Waals surface area contributed by atoms with Crippen molar-refractivity contribution in [2.75, 3.05) is 0 Å². The Hall–Kier alpha value is -0.850. The lowest BCUT2D eigenvalue weighted by Crippen LogP contribution is -2.10. The summed E-state index contributed by atoms with van der Waals surface area (Å²) in [6, 6.07) is 0.